The zero-order valence-electron chi connectivity index (χ0n) is 19.9. The van der Waals surface area contributed by atoms with Gasteiger partial charge in [-0.2, -0.15) is 18.2 Å². The maximum Gasteiger partial charge on any atom is 0.416 e. The number of hydrogen-bond acceptors (Lipinski definition) is 5. The minimum Gasteiger partial charge on any atom is -0.461 e. The van der Waals surface area contributed by atoms with Crippen molar-refractivity contribution >= 4 is 17.1 Å². The van der Waals surface area contributed by atoms with Crippen LogP contribution in [0.15, 0.2) is 33.9 Å². The number of carbonyl (C=O) groups is 1. The summed E-state index contributed by atoms with van der Waals surface area (Å²) in [6.45, 7) is 0.697. The van der Waals surface area contributed by atoms with Gasteiger partial charge in [-0.25, -0.2) is 4.79 Å². The number of alkyl halides is 3. The second kappa shape index (κ2) is 8.82. The van der Waals surface area contributed by atoms with Crippen LogP contribution < -0.4 is 16.0 Å². The van der Waals surface area contributed by atoms with Gasteiger partial charge in [0.15, 0.2) is 11.2 Å². The highest BCUT2D eigenvalue weighted by atomic mass is 19.4. The number of rotatable bonds is 5. The van der Waals surface area contributed by atoms with E-state index in [0.717, 1.165) is 23.5 Å². The molecule has 192 valence electrons. The fourth-order valence-electron chi connectivity index (χ4n) is 4.70. The van der Waals surface area contributed by atoms with Gasteiger partial charge in [-0.3, -0.25) is 23.3 Å². The number of aromatic nitrogens is 4. The molecule has 0 unspecified atom stereocenters. The molecule has 3 heterocycles. The van der Waals surface area contributed by atoms with Crippen LogP contribution in [-0.4, -0.2) is 48.7 Å². The first-order valence-electron chi connectivity index (χ1n) is 11.8. The molecule has 9 nitrogen and oxygen atoms in total. The molecule has 0 radical (unpaired) electrons. The van der Waals surface area contributed by atoms with Gasteiger partial charge in [0, 0.05) is 45.9 Å². The van der Waals surface area contributed by atoms with Crippen LogP contribution in [0.4, 0.5) is 13.2 Å². The molecule has 1 saturated carbocycles. The SMILES string of the molecule is Cn1c(=O)c2c(nc(OC3CCN(C(=O)C4CC4)CC3)n2Cc2ccccc2C(F)(F)F)n(C)c1=O. The third-order valence-corrected chi connectivity index (χ3v) is 6.92. The molecular formula is C24H26F3N5O4. The quantitative estimate of drug-likeness (QED) is 0.531. The number of imidazole rings is 1. The summed E-state index contributed by atoms with van der Waals surface area (Å²) >= 11 is 0. The van der Waals surface area contributed by atoms with Gasteiger partial charge in [0.2, 0.25) is 5.91 Å². The summed E-state index contributed by atoms with van der Waals surface area (Å²) in [6.07, 6.45) is -2.04. The first-order chi connectivity index (χ1) is 17.1. The molecule has 0 atom stereocenters. The van der Waals surface area contributed by atoms with Crippen LogP contribution in [0.25, 0.3) is 11.2 Å². The van der Waals surface area contributed by atoms with Crippen LogP contribution in [-0.2, 0) is 31.6 Å². The van der Waals surface area contributed by atoms with Crippen molar-refractivity contribution in [3.63, 3.8) is 0 Å². The molecule has 1 aliphatic carbocycles. The molecule has 0 N–H and O–H groups in total. The third-order valence-electron chi connectivity index (χ3n) is 6.92. The number of benzene rings is 1. The number of piperidine rings is 1. The van der Waals surface area contributed by atoms with E-state index in [4.69, 9.17) is 4.74 Å². The largest absolute Gasteiger partial charge is 0.461 e. The summed E-state index contributed by atoms with van der Waals surface area (Å²) in [4.78, 5) is 44.1. The molecule has 2 fully saturated rings. The standard InChI is InChI=1S/C24H26F3N5O4/c1-29-19-18(21(34)30(2)23(29)35)32(13-15-5-3-4-6-17(15)24(25,26)27)22(28-19)36-16-9-11-31(12-10-16)20(33)14-7-8-14/h3-6,14,16H,7-13H2,1-2H3. The summed E-state index contributed by atoms with van der Waals surface area (Å²) in [5.41, 5.74) is -2.16. The number of aryl methyl sites for hydroxylation is 1. The van der Waals surface area contributed by atoms with Crippen LogP contribution in [0.3, 0.4) is 0 Å². The Morgan fingerprint density at radius 2 is 1.72 bits per heavy atom. The molecule has 3 aromatic rings. The average molecular weight is 505 g/mol. The lowest BCUT2D eigenvalue weighted by atomic mass is 10.1. The molecule has 1 aromatic carbocycles. The predicted molar refractivity (Wildman–Crippen MR) is 124 cm³/mol. The Morgan fingerprint density at radius 3 is 2.36 bits per heavy atom. The van der Waals surface area contributed by atoms with E-state index in [2.05, 4.69) is 4.98 Å². The Morgan fingerprint density at radius 1 is 1.06 bits per heavy atom. The Hall–Kier alpha value is -3.57. The van der Waals surface area contributed by atoms with Crippen LogP contribution >= 0.6 is 0 Å². The number of fused-ring (bicyclic) bond motifs is 1. The number of nitrogens with zero attached hydrogens (tertiary/aromatic N) is 5. The monoisotopic (exact) mass is 505 g/mol. The van der Waals surface area contributed by atoms with Crippen molar-refractivity contribution in [2.45, 2.75) is 44.5 Å². The molecule has 12 heteroatoms. The second-order valence-electron chi connectivity index (χ2n) is 9.43. The van der Waals surface area contributed by atoms with Crippen LogP contribution in [0.5, 0.6) is 6.01 Å². The Balaban J connectivity index is 1.53. The smallest absolute Gasteiger partial charge is 0.416 e. The molecular weight excluding hydrogens is 479 g/mol. The van der Waals surface area contributed by atoms with Gasteiger partial charge in [-0.05, 0) is 24.5 Å². The van der Waals surface area contributed by atoms with Gasteiger partial charge in [0.1, 0.15) is 6.10 Å². The molecule has 0 spiro atoms. The summed E-state index contributed by atoms with van der Waals surface area (Å²) in [5.74, 6) is 0.279. The zero-order chi connectivity index (χ0) is 25.8. The van der Waals surface area contributed by atoms with E-state index in [1.165, 1.54) is 41.4 Å². The molecule has 2 aromatic heterocycles. The van der Waals surface area contributed by atoms with E-state index in [1.54, 1.807) is 0 Å². The Kier molecular flexibility index (Phi) is 5.92. The molecule has 1 aliphatic heterocycles. The van der Waals surface area contributed by atoms with Crippen molar-refractivity contribution in [3.8, 4) is 6.01 Å². The van der Waals surface area contributed by atoms with Gasteiger partial charge in [-0.15, -0.1) is 0 Å². The number of ether oxygens (including phenoxy) is 1. The number of halogens is 3. The van der Waals surface area contributed by atoms with E-state index in [0.29, 0.717) is 25.9 Å². The summed E-state index contributed by atoms with van der Waals surface area (Å²) < 4.78 is 50.6. The van der Waals surface area contributed by atoms with Crippen molar-refractivity contribution in [3.05, 3.63) is 56.2 Å². The number of hydrogen-bond donors (Lipinski definition) is 0. The number of amides is 1. The minimum atomic E-state index is -4.59. The lowest BCUT2D eigenvalue weighted by Crippen LogP contribution is -2.42. The molecule has 5 rings (SSSR count). The second-order valence-corrected chi connectivity index (χ2v) is 9.43. The normalized spacial score (nSPS) is 17.1. The van der Waals surface area contributed by atoms with Gasteiger partial charge in [0.05, 0.1) is 12.1 Å². The predicted octanol–water partition coefficient (Wildman–Crippen LogP) is 2.28. The van der Waals surface area contributed by atoms with Crippen molar-refractivity contribution in [2.75, 3.05) is 13.1 Å². The average Bonchev–Trinajstić information content (AvgIpc) is 3.64. The van der Waals surface area contributed by atoms with E-state index in [-0.39, 0.29) is 47.2 Å². The highest BCUT2D eigenvalue weighted by molar-refractivity contribution is 5.81. The molecule has 0 bridgehead atoms. The van der Waals surface area contributed by atoms with E-state index < -0.39 is 23.0 Å². The fourth-order valence-corrected chi connectivity index (χ4v) is 4.70. The van der Waals surface area contributed by atoms with Gasteiger partial charge in [-0.1, -0.05) is 18.2 Å². The Bertz CT molecular complexity index is 1440. The first kappa shape index (κ1) is 24.1. The maximum absolute atomic E-state index is 13.7. The van der Waals surface area contributed by atoms with Crippen molar-refractivity contribution in [1.82, 2.24) is 23.6 Å². The van der Waals surface area contributed by atoms with Crippen molar-refractivity contribution in [2.24, 2.45) is 20.0 Å². The van der Waals surface area contributed by atoms with Crippen molar-refractivity contribution in [1.29, 1.82) is 0 Å². The third kappa shape index (κ3) is 4.28. The summed E-state index contributed by atoms with van der Waals surface area (Å²) in [6, 6.07) is 5.08. The number of likely N-dealkylation sites (tertiary alicyclic amines) is 1. The summed E-state index contributed by atoms with van der Waals surface area (Å²) in [5, 5.41) is 0. The van der Waals surface area contributed by atoms with Crippen LogP contribution in [0.2, 0.25) is 0 Å². The van der Waals surface area contributed by atoms with E-state index in [1.807, 2.05) is 4.90 Å². The van der Waals surface area contributed by atoms with E-state index >= 15 is 0 Å². The first-order valence-corrected chi connectivity index (χ1v) is 11.8. The van der Waals surface area contributed by atoms with Crippen LogP contribution in [0.1, 0.15) is 36.8 Å². The zero-order valence-corrected chi connectivity index (χ0v) is 19.9. The van der Waals surface area contributed by atoms with Gasteiger partial charge >= 0.3 is 11.9 Å². The molecule has 1 amide bonds. The van der Waals surface area contributed by atoms with Crippen molar-refractivity contribution < 1.29 is 22.7 Å². The van der Waals surface area contributed by atoms with E-state index in [9.17, 15) is 27.6 Å². The fraction of sp³-hybridized carbons (Fsp3) is 0.500. The highest BCUT2D eigenvalue weighted by Gasteiger charge is 2.36. The highest BCUT2D eigenvalue weighted by Crippen LogP contribution is 2.34. The molecule has 1 saturated heterocycles. The van der Waals surface area contributed by atoms with Gasteiger partial charge in [0.25, 0.3) is 11.6 Å². The summed E-state index contributed by atoms with van der Waals surface area (Å²) in [7, 11) is 2.75. The van der Waals surface area contributed by atoms with Crippen LogP contribution in [0, 0.1) is 5.92 Å². The lowest BCUT2D eigenvalue weighted by molar-refractivity contribution is -0.138. The number of carbonyl (C=O) groups excluding carboxylic acids is 1. The molecule has 36 heavy (non-hydrogen) atoms. The maximum atomic E-state index is 13.7. The lowest BCUT2D eigenvalue weighted by Gasteiger charge is -2.32. The Labute approximate surface area is 203 Å². The molecule has 2 aliphatic rings. The minimum absolute atomic E-state index is 0.0204. The van der Waals surface area contributed by atoms with Gasteiger partial charge < -0.3 is 9.64 Å². The topological polar surface area (TPSA) is 91.4 Å².